The molecule has 0 bridgehead atoms. The van der Waals surface area contributed by atoms with E-state index in [0.717, 1.165) is 0 Å². The summed E-state index contributed by atoms with van der Waals surface area (Å²) in [6.07, 6.45) is 0. The van der Waals surface area contributed by atoms with Crippen LogP contribution in [0.2, 0.25) is 0 Å². The highest BCUT2D eigenvalue weighted by Gasteiger charge is 2.09. The topological polar surface area (TPSA) is 0 Å². The van der Waals surface area contributed by atoms with Gasteiger partial charge in [-0.15, -0.1) is 0 Å². The molecule has 0 aliphatic heterocycles. The van der Waals surface area contributed by atoms with Gasteiger partial charge in [0, 0.05) is 7.85 Å². The van der Waals surface area contributed by atoms with Crippen LogP contribution in [0.3, 0.4) is 0 Å². The number of alkyl halides is 2. The Hall–Kier alpha value is 0.680. The first-order valence-electron chi connectivity index (χ1n) is 4.00. The number of halogens is 2. The van der Waals surface area contributed by atoms with Crippen LogP contribution in [0.1, 0.15) is 32.8 Å². The lowest BCUT2D eigenvalue weighted by molar-refractivity contribution is 1.05. The van der Waals surface area contributed by atoms with Crippen LogP contribution < -0.4 is 0 Å². The second-order valence-corrected chi connectivity index (χ2v) is 6.60. The van der Waals surface area contributed by atoms with E-state index < -0.39 is 0 Å². The smallest absolute Gasteiger partial charge is 0.0334 e. The van der Waals surface area contributed by atoms with Gasteiger partial charge in [0.2, 0.25) is 0 Å². The molecule has 12 heavy (non-hydrogen) atoms. The van der Waals surface area contributed by atoms with Crippen molar-refractivity contribution < 1.29 is 0 Å². The summed E-state index contributed by atoms with van der Waals surface area (Å²) in [4.78, 5) is 0. The Balaban J connectivity index is 3.09. The summed E-state index contributed by atoms with van der Waals surface area (Å²) in [6.45, 7) is 4.47. The van der Waals surface area contributed by atoms with Gasteiger partial charge in [0.05, 0.1) is 0 Å². The first-order valence-corrected chi connectivity index (χ1v) is 6.49. The first-order chi connectivity index (χ1) is 5.63. The highest BCUT2D eigenvalue weighted by atomic mass is 127. The fourth-order valence-electron chi connectivity index (χ4n) is 1.24. The van der Waals surface area contributed by atoms with Gasteiger partial charge < -0.3 is 0 Å². The Morgan fingerprint density at radius 1 is 0.917 bits per heavy atom. The van der Waals surface area contributed by atoms with E-state index in [1.54, 1.807) is 0 Å². The van der Waals surface area contributed by atoms with Crippen LogP contribution in [0.15, 0.2) is 24.3 Å². The fourth-order valence-corrected chi connectivity index (χ4v) is 2.37. The molecule has 2 heteroatoms. The number of benzene rings is 1. The van der Waals surface area contributed by atoms with Gasteiger partial charge in [0.1, 0.15) is 0 Å². The van der Waals surface area contributed by atoms with Crippen molar-refractivity contribution in [2.24, 2.45) is 0 Å². The van der Waals surface area contributed by atoms with Gasteiger partial charge in [-0.05, 0) is 25.0 Å². The van der Waals surface area contributed by atoms with E-state index in [9.17, 15) is 0 Å². The lowest BCUT2D eigenvalue weighted by Gasteiger charge is -2.12. The van der Waals surface area contributed by atoms with E-state index in [1.165, 1.54) is 11.1 Å². The van der Waals surface area contributed by atoms with Crippen molar-refractivity contribution in [1.82, 2.24) is 0 Å². The average molecular weight is 386 g/mol. The molecule has 0 aromatic heterocycles. The summed E-state index contributed by atoms with van der Waals surface area (Å²) in [5.74, 6) is 0. The number of hydrogen-bond acceptors (Lipinski definition) is 0. The van der Waals surface area contributed by atoms with Gasteiger partial charge >= 0.3 is 0 Å². The third-order valence-electron chi connectivity index (χ3n) is 1.85. The Morgan fingerprint density at radius 2 is 1.25 bits per heavy atom. The van der Waals surface area contributed by atoms with Crippen LogP contribution in [0.25, 0.3) is 0 Å². The zero-order valence-corrected chi connectivity index (χ0v) is 11.5. The minimum atomic E-state index is 0.607. The summed E-state index contributed by atoms with van der Waals surface area (Å²) in [7, 11) is 0. The van der Waals surface area contributed by atoms with Crippen molar-refractivity contribution in [3.05, 3.63) is 35.4 Å². The molecule has 0 N–H and O–H groups in total. The molecule has 0 nitrogen and oxygen atoms in total. The van der Waals surface area contributed by atoms with Crippen molar-refractivity contribution in [2.75, 3.05) is 0 Å². The maximum atomic E-state index is 2.46. The molecule has 1 aromatic carbocycles. The second kappa shape index (κ2) is 4.79. The van der Waals surface area contributed by atoms with Crippen LogP contribution in [-0.2, 0) is 0 Å². The molecule has 0 fully saturated rings. The molecule has 0 heterocycles. The summed E-state index contributed by atoms with van der Waals surface area (Å²) in [6, 6.07) is 8.68. The van der Waals surface area contributed by atoms with E-state index in [4.69, 9.17) is 0 Å². The Morgan fingerprint density at radius 3 is 1.50 bits per heavy atom. The van der Waals surface area contributed by atoms with Crippen molar-refractivity contribution >= 4 is 45.2 Å². The summed E-state index contributed by atoms with van der Waals surface area (Å²) in [5, 5.41) is 0. The zero-order valence-electron chi connectivity index (χ0n) is 7.22. The van der Waals surface area contributed by atoms with E-state index >= 15 is 0 Å². The molecule has 0 radical (unpaired) electrons. The van der Waals surface area contributed by atoms with Gasteiger partial charge in [-0.2, -0.15) is 0 Å². The molecule has 66 valence electrons. The largest absolute Gasteiger partial charge is 0.0777 e. The maximum Gasteiger partial charge on any atom is 0.0334 e. The van der Waals surface area contributed by atoms with Gasteiger partial charge in [0.25, 0.3) is 0 Å². The standard InChI is InChI=1S/C10H12I2/c1-7(11)9-5-3-4-6-10(9)8(2)12/h3-8H,1-2H3. The van der Waals surface area contributed by atoms with Crippen molar-refractivity contribution in [3.63, 3.8) is 0 Å². The quantitative estimate of drug-likeness (QED) is 0.512. The third-order valence-corrected chi connectivity index (χ3v) is 3.20. The lowest BCUT2D eigenvalue weighted by Crippen LogP contribution is -1.93. The van der Waals surface area contributed by atoms with Crippen molar-refractivity contribution in [3.8, 4) is 0 Å². The van der Waals surface area contributed by atoms with Crippen LogP contribution in [0.5, 0.6) is 0 Å². The minimum Gasteiger partial charge on any atom is -0.0777 e. The molecule has 0 aliphatic rings. The minimum absolute atomic E-state index is 0.607. The van der Waals surface area contributed by atoms with E-state index in [2.05, 4.69) is 83.3 Å². The third kappa shape index (κ3) is 2.58. The first kappa shape index (κ1) is 10.8. The number of rotatable bonds is 2. The van der Waals surface area contributed by atoms with Gasteiger partial charge in [-0.25, -0.2) is 0 Å². The summed E-state index contributed by atoms with van der Waals surface area (Å²) < 4.78 is 1.21. The van der Waals surface area contributed by atoms with Gasteiger partial charge in [0.15, 0.2) is 0 Å². The SMILES string of the molecule is CC(I)c1ccccc1C(C)I. The zero-order chi connectivity index (χ0) is 9.14. The molecule has 2 atom stereocenters. The molecule has 0 amide bonds. The van der Waals surface area contributed by atoms with Crippen LogP contribution in [0, 0.1) is 0 Å². The molecule has 1 rings (SSSR count). The molecule has 0 spiro atoms. The van der Waals surface area contributed by atoms with Crippen molar-refractivity contribution in [1.29, 1.82) is 0 Å². The van der Waals surface area contributed by atoms with Crippen molar-refractivity contribution in [2.45, 2.75) is 21.7 Å². The fraction of sp³-hybridized carbons (Fsp3) is 0.400. The number of hydrogen-bond donors (Lipinski definition) is 0. The van der Waals surface area contributed by atoms with E-state index in [1.807, 2.05) is 0 Å². The van der Waals surface area contributed by atoms with E-state index in [0.29, 0.717) is 7.85 Å². The molecule has 2 unspecified atom stereocenters. The highest BCUT2D eigenvalue weighted by molar-refractivity contribution is 14.1. The summed E-state index contributed by atoms with van der Waals surface area (Å²) in [5.41, 5.74) is 2.94. The van der Waals surface area contributed by atoms with Crippen LogP contribution in [0.4, 0.5) is 0 Å². The molecule has 0 saturated heterocycles. The second-order valence-electron chi connectivity index (χ2n) is 2.86. The predicted octanol–water partition coefficient (Wildman–Crippen LogP) is 4.68. The maximum absolute atomic E-state index is 2.46. The summed E-state index contributed by atoms with van der Waals surface area (Å²) >= 11 is 4.93. The predicted molar refractivity (Wildman–Crippen MR) is 71.3 cm³/mol. The molecule has 0 saturated carbocycles. The van der Waals surface area contributed by atoms with Gasteiger partial charge in [-0.1, -0.05) is 69.4 Å². The average Bonchev–Trinajstić information content (AvgIpc) is 2.04. The molecule has 0 aliphatic carbocycles. The Bertz CT molecular complexity index is 227. The Labute approximate surface area is 101 Å². The highest BCUT2D eigenvalue weighted by Crippen LogP contribution is 2.32. The van der Waals surface area contributed by atoms with Gasteiger partial charge in [-0.3, -0.25) is 0 Å². The molecule has 1 aromatic rings. The molecular weight excluding hydrogens is 374 g/mol. The van der Waals surface area contributed by atoms with Crippen LogP contribution >= 0.6 is 45.2 Å². The van der Waals surface area contributed by atoms with E-state index in [-0.39, 0.29) is 0 Å². The Kier molecular flexibility index (Phi) is 4.29. The molecular formula is C10H12I2. The lowest BCUT2D eigenvalue weighted by atomic mass is 10.0. The normalized spacial score (nSPS) is 15.7. The monoisotopic (exact) mass is 386 g/mol. The van der Waals surface area contributed by atoms with Crippen LogP contribution in [-0.4, -0.2) is 0 Å².